The molecule has 0 aromatic heterocycles. The van der Waals surface area contributed by atoms with E-state index in [2.05, 4.69) is 15.9 Å². The van der Waals surface area contributed by atoms with Crippen molar-refractivity contribution in [2.45, 2.75) is 11.8 Å². The van der Waals surface area contributed by atoms with Crippen LogP contribution in [0.3, 0.4) is 0 Å². The molecule has 0 spiro atoms. The van der Waals surface area contributed by atoms with Crippen LogP contribution in [-0.2, 0) is 6.42 Å². The van der Waals surface area contributed by atoms with Crippen molar-refractivity contribution in [1.82, 2.24) is 0 Å². The molecular formula is C14H10BrCl2F. The third kappa shape index (κ3) is 3.47. The maximum Gasteiger partial charge on any atom is 0.124 e. The Bertz CT molecular complexity index is 557. The van der Waals surface area contributed by atoms with Crippen LogP contribution in [0.2, 0.25) is 5.02 Å². The van der Waals surface area contributed by atoms with E-state index in [9.17, 15) is 4.39 Å². The van der Waals surface area contributed by atoms with Crippen LogP contribution in [0.1, 0.15) is 16.5 Å². The van der Waals surface area contributed by atoms with Gasteiger partial charge in [-0.3, -0.25) is 0 Å². The Kier molecular flexibility index (Phi) is 4.66. The minimum Gasteiger partial charge on any atom is -0.207 e. The van der Waals surface area contributed by atoms with Crippen molar-refractivity contribution >= 4 is 39.1 Å². The van der Waals surface area contributed by atoms with Crippen LogP contribution in [0.5, 0.6) is 0 Å². The molecule has 0 aliphatic carbocycles. The molecule has 1 unspecified atom stereocenters. The molecule has 0 aliphatic rings. The normalized spacial score (nSPS) is 12.4. The molecule has 0 saturated carbocycles. The van der Waals surface area contributed by atoms with Gasteiger partial charge in [-0.05, 0) is 41.8 Å². The minimum absolute atomic E-state index is 0.224. The fourth-order valence-electron chi connectivity index (χ4n) is 1.74. The standard InChI is InChI=1S/C14H10BrCl2F/c15-13-8-11(18)4-5-12(13)14(17)7-9-2-1-3-10(16)6-9/h1-6,8,14H,7H2. The van der Waals surface area contributed by atoms with Crippen molar-refractivity contribution < 1.29 is 4.39 Å². The number of alkyl halides is 1. The molecule has 2 aromatic carbocycles. The first-order valence-corrected chi connectivity index (χ1v) is 7.00. The maximum absolute atomic E-state index is 13.0. The molecule has 18 heavy (non-hydrogen) atoms. The van der Waals surface area contributed by atoms with E-state index in [4.69, 9.17) is 23.2 Å². The van der Waals surface area contributed by atoms with E-state index in [0.717, 1.165) is 11.1 Å². The molecule has 0 radical (unpaired) electrons. The Hall–Kier alpha value is -0.570. The Balaban J connectivity index is 2.19. The Morgan fingerprint density at radius 3 is 2.61 bits per heavy atom. The van der Waals surface area contributed by atoms with Crippen molar-refractivity contribution in [3.05, 3.63) is 68.9 Å². The van der Waals surface area contributed by atoms with Crippen LogP contribution in [-0.4, -0.2) is 0 Å². The first-order chi connectivity index (χ1) is 8.56. The monoisotopic (exact) mass is 346 g/mol. The first kappa shape index (κ1) is 13.9. The van der Waals surface area contributed by atoms with Crippen LogP contribution in [0.15, 0.2) is 46.9 Å². The zero-order chi connectivity index (χ0) is 13.1. The second-order valence-electron chi connectivity index (χ2n) is 3.97. The topological polar surface area (TPSA) is 0 Å². The zero-order valence-corrected chi connectivity index (χ0v) is 12.4. The highest BCUT2D eigenvalue weighted by atomic mass is 79.9. The highest BCUT2D eigenvalue weighted by molar-refractivity contribution is 9.10. The third-order valence-electron chi connectivity index (χ3n) is 2.60. The fourth-order valence-corrected chi connectivity index (χ4v) is 3.08. The summed E-state index contributed by atoms with van der Waals surface area (Å²) in [6.45, 7) is 0. The summed E-state index contributed by atoms with van der Waals surface area (Å²) in [4.78, 5) is 0. The zero-order valence-electron chi connectivity index (χ0n) is 9.34. The maximum atomic E-state index is 13.0. The number of rotatable bonds is 3. The molecule has 0 aliphatic heterocycles. The fraction of sp³-hybridized carbons (Fsp3) is 0.143. The lowest BCUT2D eigenvalue weighted by Crippen LogP contribution is -1.97. The van der Waals surface area contributed by atoms with E-state index in [1.54, 1.807) is 6.07 Å². The second-order valence-corrected chi connectivity index (χ2v) is 5.79. The number of benzene rings is 2. The summed E-state index contributed by atoms with van der Waals surface area (Å²) in [6.07, 6.45) is 0.645. The molecule has 0 nitrogen and oxygen atoms in total. The molecule has 2 aromatic rings. The van der Waals surface area contributed by atoms with Gasteiger partial charge in [0.1, 0.15) is 5.82 Å². The smallest absolute Gasteiger partial charge is 0.124 e. The van der Waals surface area contributed by atoms with Crippen LogP contribution in [0, 0.1) is 5.82 Å². The molecule has 1 atom stereocenters. The van der Waals surface area contributed by atoms with E-state index in [1.807, 2.05) is 24.3 Å². The molecule has 0 saturated heterocycles. The van der Waals surface area contributed by atoms with E-state index in [1.165, 1.54) is 12.1 Å². The minimum atomic E-state index is -0.280. The van der Waals surface area contributed by atoms with Gasteiger partial charge in [-0.15, -0.1) is 11.6 Å². The van der Waals surface area contributed by atoms with Crippen molar-refractivity contribution in [2.24, 2.45) is 0 Å². The van der Waals surface area contributed by atoms with E-state index in [-0.39, 0.29) is 11.2 Å². The van der Waals surface area contributed by atoms with Gasteiger partial charge in [-0.2, -0.15) is 0 Å². The van der Waals surface area contributed by atoms with Crippen LogP contribution < -0.4 is 0 Å². The van der Waals surface area contributed by atoms with Gasteiger partial charge in [0.15, 0.2) is 0 Å². The van der Waals surface area contributed by atoms with E-state index in [0.29, 0.717) is 15.9 Å². The van der Waals surface area contributed by atoms with Gasteiger partial charge in [-0.1, -0.05) is 45.7 Å². The van der Waals surface area contributed by atoms with Crippen LogP contribution in [0.25, 0.3) is 0 Å². The predicted octanol–water partition coefficient (Wildman–Crippen LogP) is 5.76. The highest BCUT2D eigenvalue weighted by Crippen LogP contribution is 2.31. The molecule has 94 valence electrons. The highest BCUT2D eigenvalue weighted by Gasteiger charge is 2.13. The lowest BCUT2D eigenvalue weighted by atomic mass is 10.0. The molecule has 2 rings (SSSR count). The average Bonchev–Trinajstić information content (AvgIpc) is 2.28. The molecule has 0 fully saturated rings. The van der Waals surface area contributed by atoms with Crippen molar-refractivity contribution in [2.75, 3.05) is 0 Å². The molecule has 0 amide bonds. The van der Waals surface area contributed by atoms with Gasteiger partial charge in [0.2, 0.25) is 0 Å². The van der Waals surface area contributed by atoms with Crippen molar-refractivity contribution in [3.63, 3.8) is 0 Å². The molecule has 4 heteroatoms. The lowest BCUT2D eigenvalue weighted by Gasteiger charge is -2.12. The van der Waals surface area contributed by atoms with E-state index < -0.39 is 0 Å². The summed E-state index contributed by atoms with van der Waals surface area (Å²) < 4.78 is 13.7. The quantitative estimate of drug-likeness (QED) is 0.619. The Labute approximate surface area is 124 Å². The molecule has 0 N–H and O–H groups in total. The van der Waals surface area contributed by atoms with Crippen molar-refractivity contribution in [3.8, 4) is 0 Å². The summed E-state index contributed by atoms with van der Waals surface area (Å²) in [5.41, 5.74) is 1.93. The number of hydrogen-bond acceptors (Lipinski definition) is 0. The first-order valence-electron chi connectivity index (χ1n) is 5.40. The Morgan fingerprint density at radius 2 is 1.94 bits per heavy atom. The molecule has 0 bridgehead atoms. The van der Waals surface area contributed by atoms with E-state index >= 15 is 0 Å². The number of halogens is 4. The summed E-state index contributed by atoms with van der Waals surface area (Å²) in [6, 6.07) is 12.1. The van der Waals surface area contributed by atoms with Gasteiger partial charge in [0, 0.05) is 9.50 Å². The summed E-state index contributed by atoms with van der Waals surface area (Å²) in [5, 5.41) is 0.466. The van der Waals surface area contributed by atoms with Gasteiger partial charge >= 0.3 is 0 Å². The van der Waals surface area contributed by atoms with Crippen molar-refractivity contribution in [1.29, 1.82) is 0 Å². The summed E-state index contributed by atoms with van der Waals surface area (Å²) in [7, 11) is 0. The molecular weight excluding hydrogens is 338 g/mol. The van der Waals surface area contributed by atoms with Crippen LogP contribution in [0.4, 0.5) is 4.39 Å². The Morgan fingerprint density at radius 1 is 1.17 bits per heavy atom. The summed E-state index contributed by atoms with van der Waals surface area (Å²) in [5.74, 6) is -0.280. The largest absolute Gasteiger partial charge is 0.207 e. The average molecular weight is 348 g/mol. The molecule has 0 heterocycles. The lowest BCUT2D eigenvalue weighted by molar-refractivity contribution is 0.625. The van der Waals surface area contributed by atoms with Gasteiger partial charge in [0.05, 0.1) is 5.38 Å². The van der Waals surface area contributed by atoms with Gasteiger partial charge in [0.25, 0.3) is 0 Å². The number of hydrogen-bond donors (Lipinski definition) is 0. The second kappa shape index (κ2) is 6.05. The third-order valence-corrected chi connectivity index (χ3v) is 3.92. The van der Waals surface area contributed by atoms with Crippen LogP contribution >= 0.6 is 39.1 Å². The van der Waals surface area contributed by atoms with Gasteiger partial charge in [-0.25, -0.2) is 4.39 Å². The van der Waals surface area contributed by atoms with Gasteiger partial charge < -0.3 is 0 Å². The summed E-state index contributed by atoms with van der Waals surface area (Å²) >= 11 is 15.6. The predicted molar refractivity (Wildman–Crippen MR) is 77.9 cm³/mol. The SMILES string of the molecule is Fc1ccc(C(Cl)Cc2cccc(Cl)c2)c(Br)c1.